The maximum atomic E-state index is 12.7. The van der Waals surface area contributed by atoms with E-state index in [2.05, 4.69) is 10.3 Å². The summed E-state index contributed by atoms with van der Waals surface area (Å²) in [5.41, 5.74) is 1.61. The minimum atomic E-state index is 0.0139. The molecule has 1 amide bonds. The lowest BCUT2D eigenvalue weighted by molar-refractivity contribution is -0.0605. The number of ether oxygens (including phenoxy) is 1. The third kappa shape index (κ3) is 2.04. The SMILES string of the molecule is Cc1cc(C(=O)N2CC[C@@H]3OCc4cnnn4[C@H]3C2)c(C)o1. The highest BCUT2D eigenvalue weighted by Gasteiger charge is 2.38. The first-order valence-electron chi connectivity index (χ1n) is 7.50. The number of aromatic nitrogens is 3. The minimum Gasteiger partial charge on any atom is -0.466 e. The van der Waals surface area contributed by atoms with Crippen molar-refractivity contribution in [2.24, 2.45) is 0 Å². The van der Waals surface area contributed by atoms with E-state index < -0.39 is 0 Å². The van der Waals surface area contributed by atoms with Gasteiger partial charge in [-0.3, -0.25) is 4.79 Å². The standard InChI is InChI=1S/C15H18N4O3/c1-9-5-12(10(2)22-9)15(20)18-4-3-14-13(7-18)19-11(8-21-14)6-16-17-19/h5-6,13-14H,3-4,7-8H2,1-2H3/t13-,14-/m0/s1. The van der Waals surface area contributed by atoms with Gasteiger partial charge in [-0.25, -0.2) is 4.68 Å². The number of carbonyl (C=O) groups is 1. The second-order valence-corrected chi connectivity index (χ2v) is 5.95. The summed E-state index contributed by atoms with van der Waals surface area (Å²) in [7, 11) is 0. The molecule has 0 unspecified atom stereocenters. The molecule has 2 aliphatic rings. The van der Waals surface area contributed by atoms with E-state index in [1.165, 1.54) is 0 Å². The zero-order chi connectivity index (χ0) is 15.3. The van der Waals surface area contributed by atoms with E-state index in [4.69, 9.17) is 9.15 Å². The second-order valence-electron chi connectivity index (χ2n) is 5.95. The third-order valence-electron chi connectivity index (χ3n) is 4.49. The first-order valence-corrected chi connectivity index (χ1v) is 7.50. The number of likely N-dealkylation sites (tertiary alicyclic amines) is 1. The number of piperidine rings is 1. The van der Waals surface area contributed by atoms with Crippen LogP contribution in [0.1, 0.15) is 40.0 Å². The van der Waals surface area contributed by atoms with Crippen molar-refractivity contribution in [2.45, 2.75) is 39.0 Å². The zero-order valence-electron chi connectivity index (χ0n) is 12.7. The maximum absolute atomic E-state index is 12.7. The van der Waals surface area contributed by atoms with E-state index in [9.17, 15) is 4.79 Å². The van der Waals surface area contributed by atoms with Gasteiger partial charge in [-0.2, -0.15) is 0 Å². The fourth-order valence-electron chi connectivity index (χ4n) is 3.38. The first-order chi connectivity index (χ1) is 10.6. The molecule has 2 aromatic rings. The van der Waals surface area contributed by atoms with Gasteiger partial charge in [-0.1, -0.05) is 5.21 Å². The quantitative estimate of drug-likeness (QED) is 0.797. The van der Waals surface area contributed by atoms with Crippen LogP contribution in [0.3, 0.4) is 0 Å². The number of aryl methyl sites for hydroxylation is 2. The van der Waals surface area contributed by atoms with Crippen molar-refractivity contribution < 1.29 is 13.9 Å². The molecular formula is C15H18N4O3. The molecule has 22 heavy (non-hydrogen) atoms. The Balaban J connectivity index is 1.59. The highest BCUT2D eigenvalue weighted by atomic mass is 16.5. The van der Waals surface area contributed by atoms with Crippen LogP contribution in [0.5, 0.6) is 0 Å². The van der Waals surface area contributed by atoms with Gasteiger partial charge in [-0.05, 0) is 26.3 Å². The highest BCUT2D eigenvalue weighted by molar-refractivity contribution is 5.95. The molecule has 0 spiro atoms. The molecule has 4 rings (SSSR count). The third-order valence-corrected chi connectivity index (χ3v) is 4.49. The lowest BCUT2D eigenvalue weighted by Crippen LogP contribution is -2.49. The van der Waals surface area contributed by atoms with E-state index in [1.54, 1.807) is 6.20 Å². The van der Waals surface area contributed by atoms with Crippen LogP contribution in [0.2, 0.25) is 0 Å². The van der Waals surface area contributed by atoms with Crippen LogP contribution in [0.15, 0.2) is 16.7 Å². The van der Waals surface area contributed by atoms with Crippen molar-refractivity contribution in [3.63, 3.8) is 0 Å². The topological polar surface area (TPSA) is 73.4 Å². The van der Waals surface area contributed by atoms with Gasteiger partial charge >= 0.3 is 0 Å². The van der Waals surface area contributed by atoms with Crippen LogP contribution in [-0.4, -0.2) is 45.0 Å². The van der Waals surface area contributed by atoms with Gasteiger partial charge in [0, 0.05) is 13.1 Å². The molecule has 0 N–H and O–H groups in total. The van der Waals surface area contributed by atoms with Gasteiger partial charge in [0.1, 0.15) is 11.5 Å². The summed E-state index contributed by atoms with van der Waals surface area (Å²) < 4.78 is 13.3. The minimum absolute atomic E-state index is 0.0139. The second kappa shape index (κ2) is 4.95. The number of nitrogens with zero attached hydrogens (tertiary/aromatic N) is 4. The van der Waals surface area contributed by atoms with E-state index in [1.807, 2.05) is 29.5 Å². The zero-order valence-corrected chi connectivity index (χ0v) is 12.7. The first kappa shape index (κ1) is 13.5. The molecule has 2 aromatic heterocycles. The van der Waals surface area contributed by atoms with Gasteiger partial charge in [0.25, 0.3) is 5.91 Å². The fraction of sp³-hybridized carbons (Fsp3) is 0.533. The Morgan fingerprint density at radius 2 is 2.27 bits per heavy atom. The Labute approximate surface area is 127 Å². The predicted octanol–water partition coefficient (Wildman–Crippen LogP) is 1.47. The van der Waals surface area contributed by atoms with Crippen LogP contribution in [0.25, 0.3) is 0 Å². The Bertz CT molecular complexity index is 720. The lowest BCUT2D eigenvalue weighted by Gasteiger charge is -2.40. The number of furan rings is 1. The van der Waals surface area contributed by atoms with Gasteiger partial charge in [-0.15, -0.1) is 5.10 Å². The monoisotopic (exact) mass is 302 g/mol. The number of hydrogen-bond donors (Lipinski definition) is 0. The Kier molecular flexibility index (Phi) is 3.04. The van der Waals surface area contributed by atoms with Crippen LogP contribution in [-0.2, 0) is 11.3 Å². The Morgan fingerprint density at radius 3 is 3.05 bits per heavy atom. The number of carbonyl (C=O) groups excluding carboxylic acids is 1. The largest absolute Gasteiger partial charge is 0.466 e. The van der Waals surface area contributed by atoms with Crippen molar-refractivity contribution >= 4 is 5.91 Å². The summed E-state index contributed by atoms with van der Waals surface area (Å²) in [5, 5.41) is 8.11. The van der Waals surface area contributed by atoms with Crippen molar-refractivity contribution in [1.29, 1.82) is 0 Å². The molecule has 1 saturated heterocycles. The summed E-state index contributed by atoms with van der Waals surface area (Å²) in [6.45, 7) is 5.50. The lowest BCUT2D eigenvalue weighted by atomic mass is 9.99. The number of fused-ring (bicyclic) bond motifs is 3. The van der Waals surface area contributed by atoms with Crippen molar-refractivity contribution in [3.05, 3.63) is 35.0 Å². The van der Waals surface area contributed by atoms with Crippen molar-refractivity contribution in [3.8, 4) is 0 Å². The molecule has 0 radical (unpaired) electrons. The molecule has 4 heterocycles. The van der Waals surface area contributed by atoms with Gasteiger partial charge in [0.05, 0.1) is 36.2 Å². The van der Waals surface area contributed by atoms with Gasteiger partial charge in [0.15, 0.2) is 0 Å². The molecule has 116 valence electrons. The molecule has 7 heteroatoms. The normalized spacial score (nSPS) is 24.0. The number of hydrogen-bond acceptors (Lipinski definition) is 5. The summed E-state index contributed by atoms with van der Waals surface area (Å²) in [4.78, 5) is 14.6. The van der Waals surface area contributed by atoms with Crippen LogP contribution < -0.4 is 0 Å². The smallest absolute Gasteiger partial charge is 0.257 e. The van der Waals surface area contributed by atoms with Gasteiger partial charge in [0.2, 0.25) is 0 Å². The number of rotatable bonds is 1. The molecule has 0 aliphatic carbocycles. The van der Waals surface area contributed by atoms with Crippen molar-refractivity contribution in [2.75, 3.05) is 13.1 Å². The molecule has 1 fully saturated rings. The Hall–Kier alpha value is -2.15. The van der Waals surface area contributed by atoms with E-state index >= 15 is 0 Å². The van der Waals surface area contributed by atoms with E-state index in [-0.39, 0.29) is 18.1 Å². The summed E-state index contributed by atoms with van der Waals surface area (Å²) >= 11 is 0. The van der Waals surface area contributed by atoms with Gasteiger partial charge < -0.3 is 14.1 Å². The molecule has 2 aliphatic heterocycles. The summed E-state index contributed by atoms with van der Waals surface area (Å²) in [5.74, 6) is 1.45. The summed E-state index contributed by atoms with van der Waals surface area (Å²) in [6.07, 6.45) is 2.64. The molecule has 0 bridgehead atoms. The average molecular weight is 302 g/mol. The van der Waals surface area contributed by atoms with Crippen LogP contribution >= 0.6 is 0 Å². The molecule has 7 nitrogen and oxygen atoms in total. The predicted molar refractivity (Wildman–Crippen MR) is 76.3 cm³/mol. The average Bonchev–Trinajstić information content (AvgIpc) is 3.12. The molecular weight excluding hydrogens is 284 g/mol. The Morgan fingerprint density at radius 1 is 1.41 bits per heavy atom. The molecule has 0 saturated carbocycles. The van der Waals surface area contributed by atoms with E-state index in [0.717, 1.165) is 17.9 Å². The maximum Gasteiger partial charge on any atom is 0.257 e. The van der Waals surface area contributed by atoms with Crippen molar-refractivity contribution in [1.82, 2.24) is 19.9 Å². The summed E-state index contributed by atoms with van der Waals surface area (Å²) in [6, 6.07) is 1.85. The highest BCUT2D eigenvalue weighted by Crippen LogP contribution is 2.31. The fourth-order valence-corrected chi connectivity index (χ4v) is 3.38. The van der Waals surface area contributed by atoms with Crippen LogP contribution in [0.4, 0.5) is 0 Å². The van der Waals surface area contributed by atoms with Crippen LogP contribution in [0, 0.1) is 13.8 Å². The molecule has 0 aromatic carbocycles. The molecule has 2 atom stereocenters. The van der Waals surface area contributed by atoms with E-state index in [0.29, 0.717) is 31.0 Å². The number of amides is 1.